The minimum absolute atomic E-state index is 0.471. The Hall–Kier alpha value is -9.50. The molecule has 2 heteroatoms. The Balaban J connectivity index is 1.08. The van der Waals surface area contributed by atoms with Gasteiger partial charge >= 0.3 is 0 Å². The molecule has 2 aliphatic carbocycles. The predicted molar refractivity (Wildman–Crippen MR) is 340 cm³/mol. The van der Waals surface area contributed by atoms with E-state index in [1.54, 1.807) is 0 Å². The van der Waals surface area contributed by atoms with Gasteiger partial charge in [-0.1, -0.05) is 214 Å². The molecule has 2 nitrogen and oxygen atoms in total. The zero-order valence-corrected chi connectivity index (χ0v) is 46.1. The second-order valence-corrected chi connectivity index (χ2v) is 23.0. The number of benzene rings is 13. The SMILES string of the molecule is Cc1ccc(N(c2ccc3c(c2)C(C)(C)c2c-3cc(N(c3ccc(C)c(C)c3)c3cc4ccccc4c4ccccc34)c3c2C(c2ccccc2)(c2ccccc2)c2ccccc2-3)c2cc3ccccc3c3ccccc23)cc1C. The van der Waals surface area contributed by atoms with Gasteiger partial charge in [-0.15, -0.1) is 0 Å². The van der Waals surface area contributed by atoms with Crippen LogP contribution in [-0.4, -0.2) is 0 Å². The fourth-order valence-electron chi connectivity index (χ4n) is 14.2. The summed E-state index contributed by atoms with van der Waals surface area (Å²) in [5.74, 6) is 0. The minimum Gasteiger partial charge on any atom is -0.310 e. The van der Waals surface area contributed by atoms with Gasteiger partial charge in [0.2, 0.25) is 0 Å². The van der Waals surface area contributed by atoms with E-state index in [1.165, 1.54) is 121 Å². The molecule has 0 spiro atoms. The summed E-state index contributed by atoms with van der Waals surface area (Å²) in [6.45, 7) is 13.9. The first-order valence-electron chi connectivity index (χ1n) is 28.2. The van der Waals surface area contributed by atoms with E-state index in [9.17, 15) is 0 Å². The normalized spacial score (nSPS) is 13.6. The lowest BCUT2D eigenvalue weighted by Crippen LogP contribution is -2.32. The summed E-state index contributed by atoms with van der Waals surface area (Å²) in [4.78, 5) is 5.14. The van der Waals surface area contributed by atoms with Crippen LogP contribution in [0.3, 0.4) is 0 Å². The third-order valence-corrected chi connectivity index (χ3v) is 18.3. The van der Waals surface area contributed by atoms with Gasteiger partial charge < -0.3 is 9.80 Å². The largest absolute Gasteiger partial charge is 0.310 e. The molecule has 2 aliphatic rings. The van der Waals surface area contributed by atoms with Crippen molar-refractivity contribution in [1.29, 1.82) is 0 Å². The molecular weight excluding hydrogens is 965 g/mol. The van der Waals surface area contributed by atoms with Gasteiger partial charge in [-0.25, -0.2) is 0 Å². The highest BCUT2D eigenvalue weighted by molar-refractivity contribution is 6.17. The molecule has 0 unspecified atom stereocenters. The second kappa shape index (κ2) is 18.0. The lowest BCUT2D eigenvalue weighted by Gasteiger charge is -2.39. The van der Waals surface area contributed by atoms with Crippen molar-refractivity contribution in [2.45, 2.75) is 52.4 Å². The van der Waals surface area contributed by atoms with Crippen molar-refractivity contribution in [2.24, 2.45) is 0 Å². The number of fused-ring (bicyclic) bond motifs is 13. The Morgan fingerprint density at radius 1 is 0.287 bits per heavy atom. The molecule has 13 aromatic rings. The topological polar surface area (TPSA) is 6.48 Å². The Bertz CT molecular complexity index is 4640. The van der Waals surface area contributed by atoms with E-state index in [2.05, 4.69) is 306 Å². The Morgan fingerprint density at radius 2 is 0.738 bits per heavy atom. The van der Waals surface area contributed by atoms with Gasteiger partial charge in [-0.05, 0) is 187 Å². The van der Waals surface area contributed by atoms with Crippen molar-refractivity contribution in [3.63, 3.8) is 0 Å². The number of nitrogens with zero attached hydrogens (tertiary/aromatic N) is 2. The highest BCUT2D eigenvalue weighted by Gasteiger charge is 2.53. The highest BCUT2D eigenvalue weighted by atomic mass is 15.2. The molecule has 0 fully saturated rings. The summed E-state index contributed by atoms with van der Waals surface area (Å²) in [5.41, 5.74) is 23.6. The standard InChI is InChI=1S/C78H60N2/c1-49-37-39-57(43-51(49)3)79(71-45-53-23-13-15-29-60(53)62-31-17-19-33-65(62)71)59-41-42-64-68-48-73(80(58-40-38-50(2)52(4)44-58)72-46-54-24-14-16-30-61(54)63-32-18-20-34-66(63)72)74-67-35-21-22-36-69(67)78(55-25-9-7-10-26-55,56-27-11-8-12-28-56)76(74)75(68)77(5,6)70(64)47-59/h7-48H,1-6H3. The first-order chi connectivity index (χ1) is 39.1. The van der Waals surface area contributed by atoms with Crippen molar-refractivity contribution in [3.8, 4) is 22.3 Å². The molecule has 0 heterocycles. The van der Waals surface area contributed by atoms with Crippen molar-refractivity contribution in [1.82, 2.24) is 0 Å². The zero-order chi connectivity index (χ0) is 54.0. The Labute approximate surface area is 469 Å². The van der Waals surface area contributed by atoms with Crippen LogP contribution in [-0.2, 0) is 10.8 Å². The van der Waals surface area contributed by atoms with Crippen molar-refractivity contribution >= 4 is 77.2 Å². The first kappa shape index (κ1) is 47.7. The van der Waals surface area contributed by atoms with Crippen LogP contribution in [0.2, 0.25) is 0 Å². The summed E-state index contributed by atoms with van der Waals surface area (Å²) < 4.78 is 0. The summed E-state index contributed by atoms with van der Waals surface area (Å²) in [7, 11) is 0. The predicted octanol–water partition coefficient (Wildman–Crippen LogP) is 21.1. The molecular formula is C78H60N2. The van der Waals surface area contributed by atoms with Crippen LogP contribution in [0.1, 0.15) is 69.5 Å². The van der Waals surface area contributed by atoms with Gasteiger partial charge in [0.15, 0.2) is 0 Å². The molecule has 0 radical (unpaired) electrons. The van der Waals surface area contributed by atoms with Crippen LogP contribution in [0, 0.1) is 27.7 Å². The lowest BCUT2D eigenvalue weighted by molar-refractivity contribution is 0.633. The molecule has 0 aromatic heterocycles. The van der Waals surface area contributed by atoms with Gasteiger partial charge in [-0.2, -0.15) is 0 Å². The third-order valence-electron chi connectivity index (χ3n) is 18.3. The molecule has 0 saturated carbocycles. The van der Waals surface area contributed by atoms with Crippen molar-refractivity contribution in [2.75, 3.05) is 9.80 Å². The highest BCUT2D eigenvalue weighted by Crippen LogP contribution is 2.66. The number of rotatable bonds is 8. The van der Waals surface area contributed by atoms with Gasteiger partial charge in [-0.3, -0.25) is 0 Å². The molecule has 80 heavy (non-hydrogen) atoms. The average Bonchev–Trinajstić information content (AvgIpc) is 2.98. The monoisotopic (exact) mass is 1020 g/mol. The maximum Gasteiger partial charge on any atom is 0.0717 e. The van der Waals surface area contributed by atoms with E-state index in [-0.39, 0.29) is 0 Å². The van der Waals surface area contributed by atoms with E-state index < -0.39 is 10.8 Å². The molecule has 15 rings (SSSR count). The van der Waals surface area contributed by atoms with E-state index >= 15 is 0 Å². The first-order valence-corrected chi connectivity index (χ1v) is 28.2. The maximum atomic E-state index is 2.62. The van der Waals surface area contributed by atoms with Crippen LogP contribution in [0.4, 0.5) is 34.1 Å². The average molecular weight is 1030 g/mol. The molecule has 13 aromatic carbocycles. The number of anilines is 6. The van der Waals surface area contributed by atoms with Gasteiger partial charge in [0.05, 0.1) is 22.5 Å². The summed E-state index contributed by atoms with van der Waals surface area (Å²) in [5, 5.41) is 9.85. The van der Waals surface area contributed by atoms with Crippen LogP contribution in [0.25, 0.3) is 65.3 Å². The minimum atomic E-state index is -0.688. The van der Waals surface area contributed by atoms with Crippen molar-refractivity contribution < 1.29 is 0 Å². The second-order valence-electron chi connectivity index (χ2n) is 23.0. The van der Waals surface area contributed by atoms with Crippen LogP contribution < -0.4 is 9.80 Å². The number of aryl methyl sites for hydroxylation is 4. The summed E-state index contributed by atoms with van der Waals surface area (Å²) in [6.07, 6.45) is 0. The Kier molecular flexibility index (Phi) is 10.7. The lowest BCUT2D eigenvalue weighted by atomic mass is 9.64. The molecule has 0 amide bonds. The van der Waals surface area contributed by atoms with Crippen LogP contribution >= 0.6 is 0 Å². The molecule has 0 aliphatic heterocycles. The van der Waals surface area contributed by atoms with Gasteiger partial charge in [0.25, 0.3) is 0 Å². The van der Waals surface area contributed by atoms with Gasteiger partial charge in [0, 0.05) is 38.8 Å². The molecule has 0 atom stereocenters. The maximum absolute atomic E-state index is 2.62. The molecule has 0 N–H and O–H groups in total. The molecule has 382 valence electrons. The third kappa shape index (κ3) is 6.91. The van der Waals surface area contributed by atoms with E-state index in [4.69, 9.17) is 0 Å². The van der Waals surface area contributed by atoms with E-state index in [1.807, 2.05) is 0 Å². The summed E-state index contributed by atoms with van der Waals surface area (Å²) >= 11 is 0. The van der Waals surface area contributed by atoms with E-state index in [0.29, 0.717) is 0 Å². The number of hydrogen-bond acceptors (Lipinski definition) is 2. The van der Waals surface area contributed by atoms with Gasteiger partial charge in [0.1, 0.15) is 0 Å². The van der Waals surface area contributed by atoms with Crippen LogP contribution in [0.15, 0.2) is 255 Å². The summed E-state index contributed by atoms with van der Waals surface area (Å²) in [6, 6.07) is 96.6. The van der Waals surface area contributed by atoms with Crippen molar-refractivity contribution in [3.05, 3.63) is 310 Å². The fraction of sp³-hybridized carbons (Fsp3) is 0.103. The fourth-order valence-corrected chi connectivity index (χ4v) is 14.2. The zero-order valence-electron chi connectivity index (χ0n) is 46.1. The molecule has 0 bridgehead atoms. The Morgan fingerprint density at radius 3 is 1.30 bits per heavy atom. The molecule has 0 saturated heterocycles. The van der Waals surface area contributed by atoms with E-state index in [0.717, 1.165) is 34.1 Å². The smallest absolute Gasteiger partial charge is 0.0717 e. The quantitative estimate of drug-likeness (QED) is 0.140. The number of hydrogen-bond donors (Lipinski definition) is 0. The van der Waals surface area contributed by atoms with Crippen LogP contribution in [0.5, 0.6) is 0 Å².